The Morgan fingerprint density at radius 3 is 2.65 bits per heavy atom. The highest BCUT2D eigenvalue weighted by molar-refractivity contribution is 7.19. The Kier molecular flexibility index (Phi) is 6.43. The molecule has 2 aromatic heterocycles. The summed E-state index contributed by atoms with van der Waals surface area (Å²) in [7, 11) is 1.95. The third-order valence-corrected chi connectivity index (χ3v) is 5.81. The van der Waals surface area contributed by atoms with E-state index >= 15 is 0 Å². The molecular formula is C24H24N4O2S. The van der Waals surface area contributed by atoms with Gasteiger partial charge in [0.2, 0.25) is 5.91 Å². The molecule has 158 valence electrons. The van der Waals surface area contributed by atoms with Gasteiger partial charge in [-0.15, -0.1) is 0 Å². The van der Waals surface area contributed by atoms with Gasteiger partial charge in [0.25, 0.3) is 0 Å². The lowest BCUT2D eigenvalue weighted by atomic mass is 10.1. The maximum Gasteiger partial charge on any atom is 0.226 e. The molecule has 4 aromatic rings. The second-order valence-corrected chi connectivity index (χ2v) is 8.01. The molecule has 0 aliphatic heterocycles. The monoisotopic (exact) mass is 432 g/mol. The number of aromatic nitrogens is 3. The van der Waals surface area contributed by atoms with E-state index in [9.17, 15) is 4.79 Å². The summed E-state index contributed by atoms with van der Waals surface area (Å²) in [6, 6.07) is 17.8. The zero-order valence-electron chi connectivity index (χ0n) is 17.5. The van der Waals surface area contributed by atoms with Gasteiger partial charge in [0.1, 0.15) is 5.75 Å². The Balaban J connectivity index is 1.53. The van der Waals surface area contributed by atoms with Crippen molar-refractivity contribution in [1.82, 2.24) is 14.5 Å². The lowest BCUT2D eigenvalue weighted by Crippen LogP contribution is -2.12. The predicted molar refractivity (Wildman–Crippen MR) is 124 cm³/mol. The van der Waals surface area contributed by atoms with E-state index < -0.39 is 0 Å². The van der Waals surface area contributed by atoms with Crippen LogP contribution in [-0.2, 0) is 18.3 Å². The number of hydrogen-bond donors (Lipinski definition) is 1. The van der Waals surface area contributed by atoms with Crippen LogP contribution in [0.1, 0.15) is 18.9 Å². The molecule has 0 atom stereocenters. The fourth-order valence-corrected chi connectivity index (χ4v) is 4.38. The second-order valence-electron chi connectivity index (χ2n) is 7.01. The smallest absolute Gasteiger partial charge is 0.226 e. The summed E-state index contributed by atoms with van der Waals surface area (Å²) in [5.41, 5.74) is 2.83. The highest BCUT2D eigenvalue weighted by Gasteiger charge is 2.19. The summed E-state index contributed by atoms with van der Waals surface area (Å²) in [6.07, 6.45) is 4.61. The summed E-state index contributed by atoms with van der Waals surface area (Å²) in [5, 5.41) is 3.54. The van der Waals surface area contributed by atoms with Gasteiger partial charge in [-0.1, -0.05) is 59.9 Å². The number of carbonyl (C=O) groups is 1. The van der Waals surface area contributed by atoms with Crippen LogP contribution in [0.3, 0.4) is 0 Å². The Bertz CT molecular complexity index is 1170. The van der Waals surface area contributed by atoms with Gasteiger partial charge in [0, 0.05) is 31.4 Å². The van der Waals surface area contributed by atoms with E-state index in [4.69, 9.17) is 9.72 Å². The van der Waals surface area contributed by atoms with Crippen LogP contribution in [0.15, 0.2) is 67.0 Å². The second kappa shape index (κ2) is 9.57. The third-order valence-electron chi connectivity index (χ3n) is 4.84. The van der Waals surface area contributed by atoms with Crippen molar-refractivity contribution < 1.29 is 9.53 Å². The van der Waals surface area contributed by atoms with Crippen LogP contribution in [0, 0.1) is 0 Å². The minimum Gasteiger partial charge on any atom is -0.494 e. The number of rotatable bonds is 8. The van der Waals surface area contributed by atoms with Gasteiger partial charge in [-0.05, 0) is 25.0 Å². The van der Waals surface area contributed by atoms with E-state index in [1.807, 2.05) is 79.3 Å². The average molecular weight is 433 g/mol. The molecule has 0 unspecified atom stereocenters. The largest absolute Gasteiger partial charge is 0.494 e. The van der Waals surface area contributed by atoms with Gasteiger partial charge in [-0.25, -0.2) is 9.97 Å². The Morgan fingerprint density at radius 1 is 1.13 bits per heavy atom. The molecule has 0 saturated heterocycles. The molecule has 6 nitrogen and oxygen atoms in total. The molecule has 31 heavy (non-hydrogen) atoms. The van der Waals surface area contributed by atoms with Crippen LogP contribution in [0.5, 0.6) is 5.75 Å². The number of hydrogen-bond acceptors (Lipinski definition) is 5. The van der Waals surface area contributed by atoms with Crippen LogP contribution in [0.2, 0.25) is 0 Å². The number of imidazole rings is 1. The Labute approximate surface area is 185 Å². The number of nitrogens with zero attached hydrogens (tertiary/aromatic N) is 3. The number of para-hydroxylation sites is 1. The molecule has 2 aromatic carbocycles. The van der Waals surface area contributed by atoms with Crippen molar-refractivity contribution >= 4 is 22.4 Å². The summed E-state index contributed by atoms with van der Waals surface area (Å²) in [6.45, 7) is 2.55. The summed E-state index contributed by atoms with van der Waals surface area (Å²) < 4.78 is 7.61. The molecule has 0 fully saturated rings. The fraction of sp³-hybridized carbons (Fsp3) is 0.208. The van der Waals surface area contributed by atoms with Crippen molar-refractivity contribution in [2.45, 2.75) is 19.8 Å². The van der Waals surface area contributed by atoms with Crippen molar-refractivity contribution in [2.24, 2.45) is 7.05 Å². The minimum absolute atomic E-state index is 0.0777. The molecule has 0 radical (unpaired) electrons. The topological polar surface area (TPSA) is 69.0 Å². The number of aryl methyl sites for hydroxylation is 2. The van der Waals surface area contributed by atoms with Gasteiger partial charge < -0.3 is 14.6 Å². The van der Waals surface area contributed by atoms with E-state index in [2.05, 4.69) is 10.3 Å². The summed E-state index contributed by atoms with van der Waals surface area (Å²) >= 11 is 1.44. The standard InChI is InChI=1S/C24H24N4O2S/c1-3-30-19-12-8-7-9-17(19)13-14-20(29)26-24-27-21(18-10-5-4-6-11-18)22(31-24)23-25-15-16-28(23)2/h4-12,15-16H,3,13-14H2,1-2H3,(H,26,27,29). The van der Waals surface area contributed by atoms with Crippen LogP contribution in [-0.4, -0.2) is 27.0 Å². The lowest BCUT2D eigenvalue weighted by molar-refractivity contribution is -0.116. The van der Waals surface area contributed by atoms with Crippen LogP contribution >= 0.6 is 11.3 Å². The highest BCUT2D eigenvalue weighted by atomic mass is 32.1. The van der Waals surface area contributed by atoms with Gasteiger partial charge in [0.05, 0.1) is 17.2 Å². The SMILES string of the molecule is CCOc1ccccc1CCC(=O)Nc1nc(-c2ccccc2)c(-c2nccn2C)s1. The van der Waals surface area contributed by atoms with Crippen LogP contribution in [0.25, 0.3) is 22.0 Å². The van der Waals surface area contributed by atoms with Gasteiger partial charge in [-0.3, -0.25) is 4.79 Å². The fourth-order valence-electron chi connectivity index (χ4n) is 3.34. The molecule has 0 aliphatic rings. The number of amides is 1. The molecule has 4 rings (SSSR count). The number of anilines is 1. The first-order valence-corrected chi connectivity index (χ1v) is 11.0. The number of nitrogens with one attached hydrogen (secondary N) is 1. The van der Waals surface area contributed by atoms with Crippen molar-refractivity contribution in [2.75, 3.05) is 11.9 Å². The highest BCUT2D eigenvalue weighted by Crippen LogP contribution is 2.38. The molecule has 7 heteroatoms. The van der Waals surface area contributed by atoms with E-state index in [0.29, 0.717) is 24.6 Å². The first-order chi connectivity index (χ1) is 15.2. The van der Waals surface area contributed by atoms with Crippen LogP contribution in [0.4, 0.5) is 5.13 Å². The van der Waals surface area contributed by atoms with Crippen molar-refractivity contribution in [1.29, 1.82) is 0 Å². The number of carbonyl (C=O) groups excluding carboxylic acids is 1. The zero-order valence-corrected chi connectivity index (χ0v) is 18.4. The molecule has 2 heterocycles. The summed E-state index contributed by atoms with van der Waals surface area (Å²) in [5.74, 6) is 1.57. The Morgan fingerprint density at radius 2 is 1.90 bits per heavy atom. The molecule has 0 spiro atoms. The van der Waals surface area contributed by atoms with Gasteiger partial charge in [-0.2, -0.15) is 0 Å². The number of benzene rings is 2. The first-order valence-electron chi connectivity index (χ1n) is 10.2. The van der Waals surface area contributed by atoms with Crippen molar-refractivity contribution in [3.8, 4) is 27.7 Å². The average Bonchev–Trinajstić information content (AvgIpc) is 3.39. The molecule has 0 bridgehead atoms. The van der Waals surface area contributed by atoms with E-state index in [1.54, 1.807) is 6.20 Å². The number of ether oxygens (including phenoxy) is 1. The minimum atomic E-state index is -0.0777. The van der Waals surface area contributed by atoms with E-state index in [1.165, 1.54) is 11.3 Å². The lowest BCUT2D eigenvalue weighted by Gasteiger charge is -2.09. The Hall–Kier alpha value is -3.45. The molecular weight excluding hydrogens is 408 g/mol. The first kappa shape index (κ1) is 20.8. The molecule has 0 saturated carbocycles. The zero-order chi connectivity index (χ0) is 21.6. The molecule has 0 aliphatic carbocycles. The maximum atomic E-state index is 12.7. The van der Waals surface area contributed by atoms with E-state index in [0.717, 1.165) is 33.3 Å². The summed E-state index contributed by atoms with van der Waals surface area (Å²) in [4.78, 5) is 22.8. The molecule has 1 amide bonds. The van der Waals surface area contributed by atoms with Crippen molar-refractivity contribution in [3.63, 3.8) is 0 Å². The molecule has 1 N–H and O–H groups in total. The third kappa shape index (κ3) is 4.83. The van der Waals surface area contributed by atoms with Gasteiger partial charge in [0.15, 0.2) is 11.0 Å². The van der Waals surface area contributed by atoms with Crippen molar-refractivity contribution in [3.05, 3.63) is 72.6 Å². The maximum absolute atomic E-state index is 12.7. The quantitative estimate of drug-likeness (QED) is 0.416. The number of thiazole rings is 1. The van der Waals surface area contributed by atoms with Crippen LogP contribution < -0.4 is 10.1 Å². The predicted octanol–water partition coefficient (Wildman–Crippen LogP) is 5.18. The van der Waals surface area contributed by atoms with Gasteiger partial charge >= 0.3 is 0 Å². The van der Waals surface area contributed by atoms with E-state index in [-0.39, 0.29) is 5.91 Å². The normalized spacial score (nSPS) is 10.8.